The van der Waals surface area contributed by atoms with E-state index >= 15 is 0 Å². The molecule has 1 aromatic carbocycles. The Morgan fingerprint density at radius 3 is 2.07 bits per heavy atom. The van der Waals surface area contributed by atoms with E-state index in [4.69, 9.17) is 0 Å². The summed E-state index contributed by atoms with van der Waals surface area (Å²) in [5.41, 5.74) is 0.546. The van der Waals surface area contributed by atoms with Crippen molar-refractivity contribution in [2.45, 2.75) is 0 Å². The minimum atomic E-state index is -1.34. The molecule has 0 bridgehead atoms. The largest absolute Gasteiger partial charge is 0.273 e. The summed E-state index contributed by atoms with van der Waals surface area (Å²) >= 11 is 0. The lowest BCUT2D eigenvalue weighted by Crippen LogP contribution is -2.47. The van der Waals surface area contributed by atoms with E-state index in [-0.39, 0.29) is 11.5 Å². The SMILES string of the molecule is O=C1CS(=O)CC(=O)N1c1ccccc1. The number of anilines is 1. The van der Waals surface area contributed by atoms with Gasteiger partial charge in [0.05, 0.1) is 5.69 Å². The molecule has 78 valence electrons. The number of amides is 2. The molecule has 0 saturated carbocycles. The van der Waals surface area contributed by atoms with Gasteiger partial charge in [-0.2, -0.15) is 0 Å². The van der Waals surface area contributed by atoms with Gasteiger partial charge in [0.25, 0.3) is 0 Å². The summed E-state index contributed by atoms with van der Waals surface area (Å²) in [6, 6.07) is 8.68. The van der Waals surface area contributed by atoms with Gasteiger partial charge in [0.15, 0.2) is 0 Å². The van der Waals surface area contributed by atoms with Crippen molar-refractivity contribution in [1.82, 2.24) is 0 Å². The van der Waals surface area contributed by atoms with E-state index < -0.39 is 22.6 Å². The molecule has 0 radical (unpaired) electrons. The van der Waals surface area contributed by atoms with Crippen LogP contribution < -0.4 is 4.90 Å². The van der Waals surface area contributed by atoms with Crippen molar-refractivity contribution in [3.05, 3.63) is 30.3 Å². The van der Waals surface area contributed by atoms with Crippen molar-refractivity contribution >= 4 is 28.3 Å². The van der Waals surface area contributed by atoms with Crippen molar-refractivity contribution in [3.63, 3.8) is 0 Å². The third kappa shape index (κ3) is 1.97. The highest BCUT2D eigenvalue weighted by Gasteiger charge is 2.31. The molecule has 1 aliphatic rings. The second kappa shape index (κ2) is 3.94. The number of nitrogens with zero attached hydrogens (tertiary/aromatic N) is 1. The fourth-order valence-electron chi connectivity index (χ4n) is 1.46. The van der Waals surface area contributed by atoms with Crippen molar-refractivity contribution in [2.24, 2.45) is 0 Å². The highest BCUT2D eigenvalue weighted by Crippen LogP contribution is 2.17. The van der Waals surface area contributed by atoms with Gasteiger partial charge < -0.3 is 0 Å². The first kappa shape index (κ1) is 10.0. The van der Waals surface area contributed by atoms with Crippen molar-refractivity contribution in [2.75, 3.05) is 16.4 Å². The summed E-state index contributed by atoms with van der Waals surface area (Å²) in [5.74, 6) is -0.923. The first-order chi connectivity index (χ1) is 7.18. The van der Waals surface area contributed by atoms with Gasteiger partial charge in [-0.05, 0) is 12.1 Å². The molecule has 0 unspecified atom stereocenters. The zero-order valence-corrected chi connectivity index (χ0v) is 8.70. The van der Waals surface area contributed by atoms with Crippen molar-refractivity contribution < 1.29 is 13.8 Å². The summed E-state index contributed by atoms with van der Waals surface area (Å²) in [6.45, 7) is 0. The van der Waals surface area contributed by atoms with Crippen LogP contribution in [-0.2, 0) is 20.4 Å². The maximum Gasteiger partial charge on any atom is 0.246 e. The average molecular weight is 223 g/mol. The molecule has 0 aromatic heterocycles. The first-order valence-corrected chi connectivity index (χ1v) is 5.93. The zero-order valence-electron chi connectivity index (χ0n) is 7.88. The van der Waals surface area contributed by atoms with E-state index in [1.165, 1.54) is 0 Å². The van der Waals surface area contributed by atoms with Crippen LogP contribution in [-0.4, -0.2) is 27.5 Å². The molecule has 2 rings (SSSR count). The standard InChI is InChI=1S/C10H9NO3S/c12-9-6-15(14)7-10(13)11(9)8-4-2-1-3-5-8/h1-5H,6-7H2. The molecule has 0 N–H and O–H groups in total. The number of benzene rings is 1. The highest BCUT2D eigenvalue weighted by molar-refractivity contribution is 7.86. The molecule has 15 heavy (non-hydrogen) atoms. The Hall–Kier alpha value is -1.49. The van der Waals surface area contributed by atoms with E-state index in [1.807, 2.05) is 0 Å². The molecule has 0 spiro atoms. The van der Waals surface area contributed by atoms with Gasteiger partial charge in [0.2, 0.25) is 11.8 Å². The lowest BCUT2D eigenvalue weighted by atomic mass is 10.3. The van der Waals surface area contributed by atoms with Crippen LogP contribution in [0.15, 0.2) is 30.3 Å². The second-order valence-electron chi connectivity index (χ2n) is 3.19. The van der Waals surface area contributed by atoms with Crippen LogP contribution in [0.25, 0.3) is 0 Å². The maximum atomic E-state index is 11.5. The number of carbonyl (C=O) groups excluding carboxylic acids is 2. The molecule has 1 aromatic rings. The molecule has 0 atom stereocenters. The average Bonchev–Trinajstić information content (AvgIpc) is 2.17. The summed E-state index contributed by atoms with van der Waals surface area (Å²) in [5, 5.41) is 0. The van der Waals surface area contributed by atoms with E-state index in [2.05, 4.69) is 0 Å². The predicted octanol–water partition coefficient (Wildman–Crippen LogP) is 0.308. The smallest absolute Gasteiger partial charge is 0.246 e. The number of carbonyl (C=O) groups is 2. The van der Waals surface area contributed by atoms with Gasteiger partial charge in [-0.1, -0.05) is 18.2 Å². The Morgan fingerprint density at radius 1 is 1.00 bits per heavy atom. The molecule has 5 heteroatoms. The van der Waals surface area contributed by atoms with Crippen LogP contribution in [0.4, 0.5) is 5.69 Å². The first-order valence-electron chi connectivity index (χ1n) is 4.44. The number of imide groups is 1. The molecule has 0 aliphatic carbocycles. The van der Waals surface area contributed by atoms with E-state index in [1.54, 1.807) is 30.3 Å². The van der Waals surface area contributed by atoms with Crippen LogP contribution >= 0.6 is 0 Å². The summed E-state index contributed by atoms with van der Waals surface area (Å²) in [6.07, 6.45) is 0. The Labute approximate surface area is 89.3 Å². The molecular formula is C10H9NO3S. The fraction of sp³-hybridized carbons (Fsp3) is 0.200. The number of hydrogen-bond acceptors (Lipinski definition) is 3. The van der Waals surface area contributed by atoms with Crippen LogP contribution in [0.2, 0.25) is 0 Å². The lowest BCUT2D eigenvalue weighted by Gasteiger charge is -2.24. The van der Waals surface area contributed by atoms with Crippen LogP contribution in [0.1, 0.15) is 0 Å². The van der Waals surface area contributed by atoms with Crippen molar-refractivity contribution in [1.29, 1.82) is 0 Å². The van der Waals surface area contributed by atoms with Gasteiger partial charge in [-0.3, -0.25) is 13.8 Å². The highest BCUT2D eigenvalue weighted by atomic mass is 32.2. The zero-order chi connectivity index (χ0) is 10.8. The van der Waals surface area contributed by atoms with E-state index in [9.17, 15) is 13.8 Å². The minimum Gasteiger partial charge on any atom is -0.273 e. The predicted molar refractivity (Wildman–Crippen MR) is 56.8 cm³/mol. The number of rotatable bonds is 1. The fourth-order valence-corrected chi connectivity index (χ4v) is 2.37. The summed E-state index contributed by atoms with van der Waals surface area (Å²) < 4.78 is 11.1. The van der Waals surface area contributed by atoms with Gasteiger partial charge >= 0.3 is 0 Å². The van der Waals surface area contributed by atoms with E-state index in [0.717, 1.165) is 4.90 Å². The maximum absolute atomic E-state index is 11.5. The van der Waals surface area contributed by atoms with Gasteiger partial charge in [0, 0.05) is 10.8 Å². The monoisotopic (exact) mass is 223 g/mol. The molecule has 2 amide bonds. The second-order valence-corrected chi connectivity index (χ2v) is 4.64. The topological polar surface area (TPSA) is 54.5 Å². The Kier molecular flexibility index (Phi) is 2.64. The molecular weight excluding hydrogens is 214 g/mol. The quantitative estimate of drug-likeness (QED) is 0.644. The summed E-state index contributed by atoms with van der Waals surface area (Å²) in [7, 11) is -1.34. The number of hydrogen-bond donors (Lipinski definition) is 0. The van der Waals surface area contributed by atoms with Gasteiger partial charge in [-0.25, -0.2) is 4.90 Å². The molecule has 1 heterocycles. The summed E-state index contributed by atoms with van der Waals surface area (Å²) in [4.78, 5) is 24.2. The number of para-hydroxylation sites is 1. The van der Waals surface area contributed by atoms with E-state index in [0.29, 0.717) is 5.69 Å². The molecule has 1 aliphatic heterocycles. The molecule has 1 fully saturated rings. The normalized spacial score (nSPS) is 18.3. The molecule has 4 nitrogen and oxygen atoms in total. The molecule has 1 saturated heterocycles. The minimum absolute atomic E-state index is 0.0688. The van der Waals surface area contributed by atoms with Crippen LogP contribution in [0, 0.1) is 0 Å². The Morgan fingerprint density at radius 2 is 1.53 bits per heavy atom. The third-order valence-corrected chi connectivity index (χ3v) is 3.22. The lowest BCUT2D eigenvalue weighted by molar-refractivity contribution is -0.124. The van der Waals surface area contributed by atoms with Crippen LogP contribution in [0.5, 0.6) is 0 Å². The third-order valence-electron chi connectivity index (χ3n) is 2.08. The van der Waals surface area contributed by atoms with Crippen molar-refractivity contribution in [3.8, 4) is 0 Å². The van der Waals surface area contributed by atoms with Crippen LogP contribution in [0.3, 0.4) is 0 Å². The Balaban J connectivity index is 2.33. The Bertz CT molecular complexity index is 410. The van der Waals surface area contributed by atoms with Gasteiger partial charge in [-0.15, -0.1) is 0 Å². The van der Waals surface area contributed by atoms with Gasteiger partial charge in [0.1, 0.15) is 11.5 Å².